The van der Waals surface area contributed by atoms with E-state index in [-0.39, 0.29) is 30.2 Å². The molecule has 1 aromatic carbocycles. The lowest BCUT2D eigenvalue weighted by molar-refractivity contribution is -0.147. The molecule has 132 valence electrons. The first kappa shape index (κ1) is 21.9. The van der Waals surface area contributed by atoms with Gasteiger partial charge in [-0.1, -0.05) is 64.4 Å². The number of benzene rings is 1. The Kier molecular flexibility index (Phi) is 11.8. The molecule has 2 atom stereocenters. The highest BCUT2D eigenvalue weighted by atomic mass is 35.5. The molecule has 0 bridgehead atoms. The topological polar surface area (TPSA) is 29.5 Å². The van der Waals surface area contributed by atoms with Crippen LogP contribution in [0.1, 0.15) is 52.0 Å². The zero-order valence-electron chi connectivity index (χ0n) is 15.0. The van der Waals surface area contributed by atoms with Crippen molar-refractivity contribution in [3.05, 3.63) is 35.9 Å². The highest BCUT2D eigenvalue weighted by molar-refractivity contribution is 5.85. The van der Waals surface area contributed by atoms with Gasteiger partial charge in [0.2, 0.25) is 0 Å². The van der Waals surface area contributed by atoms with Crippen molar-refractivity contribution in [1.29, 1.82) is 0 Å². The van der Waals surface area contributed by atoms with Crippen LogP contribution in [-0.4, -0.2) is 37.1 Å². The van der Waals surface area contributed by atoms with Crippen LogP contribution in [0.25, 0.3) is 0 Å². The Morgan fingerprint density at radius 1 is 1.13 bits per heavy atom. The van der Waals surface area contributed by atoms with Crippen LogP contribution in [0.3, 0.4) is 0 Å². The summed E-state index contributed by atoms with van der Waals surface area (Å²) in [5, 5.41) is 0. The summed E-state index contributed by atoms with van der Waals surface area (Å²) in [5.41, 5.74) is 1.06. The minimum absolute atomic E-state index is 0. The Hall–Kier alpha value is -1.06. The molecule has 4 heteroatoms. The van der Waals surface area contributed by atoms with E-state index in [4.69, 9.17) is 4.74 Å². The molecule has 0 aromatic heterocycles. The highest BCUT2D eigenvalue weighted by Gasteiger charge is 2.27. The summed E-state index contributed by atoms with van der Waals surface area (Å²) < 4.78 is 5.56. The second-order valence-electron chi connectivity index (χ2n) is 5.82. The predicted molar refractivity (Wildman–Crippen MR) is 99.3 cm³/mol. The zero-order chi connectivity index (χ0) is 16.4. The largest absolute Gasteiger partial charge is 0.465 e. The monoisotopic (exact) mass is 341 g/mol. The van der Waals surface area contributed by atoms with Crippen molar-refractivity contribution >= 4 is 18.4 Å². The Bertz CT molecular complexity index is 421. The van der Waals surface area contributed by atoms with Crippen molar-refractivity contribution in [2.45, 2.75) is 46.5 Å². The van der Waals surface area contributed by atoms with Gasteiger partial charge in [-0.2, -0.15) is 0 Å². The fourth-order valence-electron chi connectivity index (χ4n) is 2.68. The summed E-state index contributed by atoms with van der Waals surface area (Å²) in [5.74, 6) is 0.0532. The second-order valence-corrected chi connectivity index (χ2v) is 5.82. The molecule has 0 aliphatic heterocycles. The fraction of sp³-hybridized carbons (Fsp3) is 0.632. The number of carbonyl (C=O) groups excluding carboxylic acids is 1. The van der Waals surface area contributed by atoms with Gasteiger partial charge in [-0.15, -0.1) is 12.4 Å². The number of halogens is 1. The molecule has 0 amide bonds. The maximum Gasteiger partial charge on any atom is 0.313 e. The summed E-state index contributed by atoms with van der Waals surface area (Å²) in [6.45, 7) is 12.1. The third-order valence-corrected chi connectivity index (χ3v) is 4.38. The molecule has 0 fully saturated rings. The molecule has 1 rings (SSSR count). The lowest BCUT2D eigenvalue weighted by Gasteiger charge is -2.22. The Balaban J connectivity index is 0.00000484. The molecular weight excluding hydrogens is 310 g/mol. The maximum absolute atomic E-state index is 12.5. The van der Waals surface area contributed by atoms with Gasteiger partial charge in [-0.3, -0.25) is 4.79 Å². The van der Waals surface area contributed by atoms with E-state index in [0.717, 1.165) is 38.0 Å². The minimum atomic E-state index is -0.153. The van der Waals surface area contributed by atoms with Crippen molar-refractivity contribution < 1.29 is 9.53 Å². The van der Waals surface area contributed by atoms with Gasteiger partial charge in [0.15, 0.2) is 0 Å². The molecule has 1 aromatic rings. The third-order valence-electron chi connectivity index (χ3n) is 4.38. The number of hydrogen-bond donors (Lipinski definition) is 0. The first-order chi connectivity index (χ1) is 10.6. The Morgan fingerprint density at radius 3 is 2.26 bits per heavy atom. The second kappa shape index (κ2) is 12.4. The van der Waals surface area contributed by atoms with E-state index in [0.29, 0.717) is 6.61 Å². The van der Waals surface area contributed by atoms with Gasteiger partial charge in [0, 0.05) is 6.54 Å². The fourth-order valence-corrected chi connectivity index (χ4v) is 2.68. The minimum Gasteiger partial charge on any atom is -0.465 e. The van der Waals surface area contributed by atoms with Crippen molar-refractivity contribution in [2.24, 2.45) is 5.92 Å². The first-order valence-corrected chi connectivity index (χ1v) is 8.57. The molecule has 0 radical (unpaired) electrons. The van der Waals surface area contributed by atoms with E-state index >= 15 is 0 Å². The van der Waals surface area contributed by atoms with Gasteiger partial charge in [-0.25, -0.2) is 0 Å². The SMILES string of the molecule is CCC(C)C(C(=O)OCCCN(CC)CC)c1ccccc1.Cl. The molecule has 0 saturated heterocycles. The van der Waals surface area contributed by atoms with Crippen molar-refractivity contribution in [3.63, 3.8) is 0 Å². The van der Waals surface area contributed by atoms with E-state index in [1.54, 1.807) is 0 Å². The third kappa shape index (κ3) is 7.36. The van der Waals surface area contributed by atoms with Gasteiger partial charge in [0.1, 0.15) is 0 Å². The number of nitrogens with zero attached hydrogens (tertiary/aromatic N) is 1. The van der Waals surface area contributed by atoms with Crippen LogP contribution in [0.5, 0.6) is 0 Å². The zero-order valence-corrected chi connectivity index (χ0v) is 15.8. The van der Waals surface area contributed by atoms with E-state index in [2.05, 4.69) is 32.6 Å². The molecule has 0 aliphatic carbocycles. The molecule has 0 saturated carbocycles. The standard InChI is InChI=1S/C19H31NO2.ClH/c1-5-16(4)18(17-12-9-8-10-13-17)19(21)22-15-11-14-20(6-2)7-3;/h8-10,12-13,16,18H,5-7,11,14-15H2,1-4H3;1H. The molecule has 23 heavy (non-hydrogen) atoms. The molecule has 0 heterocycles. The van der Waals surface area contributed by atoms with Crippen molar-refractivity contribution in [2.75, 3.05) is 26.2 Å². The average molecular weight is 342 g/mol. The molecule has 2 unspecified atom stereocenters. The van der Waals surface area contributed by atoms with Crippen LogP contribution in [0, 0.1) is 5.92 Å². The van der Waals surface area contributed by atoms with Crippen LogP contribution in [-0.2, 0) is 9.53 Å². The van der Waals surface area contributed by atoms with Crippen LogP contribution in [0.15, 0.2) is 30.3 Å². The number of esters is 1. The lowest BCUT2D eigenvalue weighted by atomic mass is 9.86. The maximum atomic E-state index is 12.5. The average Bonchev–Trinajstić information content (AvgIpc) is 2.56. The molecule has 0 aliphatic rings. The quantitative estimate of drug-likeness (QED) is 0.463. The highest BCUT2D eigenvalue weighted by Crippen LogP contribution is 2.28. The van der Waals surface area contributed by atoms with Crippen molar-refractivity contribution in [3.8, 4) is 0 Å². The van der Waals surface area contributed by atoms with Crippen molar-refractivity contribution in [1.82, 2.24) is 4.90 Å². The predicted octanol–water partition coefficient (Wildman–Crippen LogP) is 4.51. The van der Waals surface area contributed by atoms with Gasteiger partial charge < -0.3 is 9.64 Å². The molecular formula is C19H32ClNO2. The summed E-state index contributed by atoms with van der Waals surface area (Å²) in [7, 11) is 0. The summed E-state index contributed by atoms with van der Waals surface area (Å²) >= 11 is 0. The smallest absolute Gasteiger partial charge is 0.313 e. The van der Waals surface area contributed by atoms with Crippen LogP contribution >= 0.6 is 12.4 Å². The summed E-state index contributed by atoms with van der Waals surface area (Å²) in [6.07, 6.45) is 1.86. The Labute approximate surface area is 147 Å². The number of ether oxygens (including phenoxy) is 1. The summed E-state index contributed by atoms with van der Waals surface area (Å²) in [6, 6.07) is 9.99. The summed E-state index contributed by atoms with van der Waals surface area (Å²) in [4.78, 5) is 14.8. The number of rotatable bonds is 10. The number of carbonyl (C=O) groups is 1. The lowest BCUT2D eigenvalue weighted by Crippen LogP contribution is -2.26. The van der Waals surface area contributed by atoms with Gasteiger partial charge >= 0.3 is 5.97 Å². The van der Waals surface area contributed by atoms with Crippen LogP contribution in [0.4, 0.5) is 0 Å². The van der Waals surface area contributed by atoms with E-state index in [1.165, 1.54) is 0 Å². The number of hydrogen-bond acceptors (Lipinski definition) is 3. The molecule has 0 spiro atoms. The van der Waals surface area contributed by atoms with E-state index < -0.39 is 0 Å². The Morgan fingerprint density at radius 2 is 1.74 bits per heavy atom. The van der Waals surface area contributed by atoms with Gasteiger partial charge in [-0.05, 0) is 31.0 Å². The van der Waals surface area contributed by atoms with Gasteiger partial charge in [0.05, 0.1) is 12.5 Å². The van der Waals surface area contributed by atoms with Crippen LogP contribution in [0.2, 0.25) is 0 Å². The van der Waals surface area contributed by atoms with E-state index in [9.17, 15) is 4.79 Å². The van der Waals surface area contributed by atoms with Crippen LogP contribution < -0.4 is 0 Å². The first-order valence-electron chi connectivity index (χ1n) is 8.57. The molecule has 0 N–H and O–H groups in total. The molecule has 3 nitrogen and oxygen atoms in total. The van der Waals surface area contributed by atoms with E-state index in [1.807, 2.05) is 30.3 Å². The normalized spacial score (nSPS) is 13.3. The van der Waals surface area contributed by atoms with Gasteiger partial charge in [0.25, 0.3) is 0 Å².